The van der Waals surface area contributed by atoms with E-state index in [-0.39, 0.29) is 5.91 Å². The third kappa shape index (κ3) is 1.62. The van der Waals surface area contributed by atoms with E-state index in [4.69, 9.17) is 0 Å². The van der Waals surface area contributed by atoms with Crippen molar-refractivity contribution < 1.29 is 4.79 Å². The lowest BCUT2D eigenvalue weighted by atomic mass is 10.0. The summed E-state index contributed by atoms with van der Waals surface area (Å²) < 4.78 is 0. The second kappa shape index (κ2) is 3.17. The first-order valence-corrected chi connectivity index (χ1v) is 5.15. The largest absolute Gasteiger partial charge is 0.336 e. The standard InChI is InChI=1S/C11H17NO/c1-3-11(13)12-7-8(2)6-10(12)9-4-5-9/h3,8-10H,1,4-7H2,2H3/t8-,10+/m0/s1. The Morgan fingerprint density at radius 3 is 2.77 bits per heavy atom. The molecule has 1 saturated heterocycles. The third-order valence-electron chi connectivity index (χ3n) is 3.18. The van der Waals surface area contributed by atoms with E-state index in [1.54, 1.807) is 0 Å². The molecule has 1 aliphatic carbocycles. The molecule has 0 aromatic carbocycles. The molecule has 0 spiro atoms. The van der Waals surface area contributed by atoms with Gasteiger partial charge in [-0.3, -0.25) is 4.79 Å². The zero-order valence-corrected chi connectivity index (χ0v) is 8.20. The van der Waals surface area contributed by atoms with Crippen LogP contribution in [0, 0.1) is 11.8 Å². The van der Waals surface area contributed by atoms with Gasteiger partial charge in [0.2, 0.25) is 5.91 Å². The normalized spacial score (nSPS) is 33.5. The lowest BCUT2D eigenvalue weighted by molar-refractivity contribution is -0.127. The molecule has 0 N–H and O–H groups in total. The van der Waals surface area contributed by atoms with E-state index in [0.29, 0.717) is 12.0 Å². The van der Waals surface area contributed by atoms with Gasteiger partial charge < -0.3 is 4.90 Å². The molecular formula is C11H17NO. The Morgan fingerprint density at radius 2 is 2.23 bits per heavy atom. The van der Waals surface area contributed by atoms with Gasteiger partial charge in [0.15, 0.2) is 0 Å². The SMILES string of the molecule is C=CC(=O)N1C[C@@H](C)C[C@@H]1C1CC1. The molecule has 13 heavy (non-hydrogen) atoms. The Morgan fingerprint density at radius 1 is 1.54 bits per heavy atom. The van der Waals surface area contributed by atoms with Crippen LogP contribution in [-0.2, 0) is 4.79 Å². The van der Waals surface area contributed by atoms with E-state index in [9.17, 15) is 4.79 Å². The van der Waals surface area contributed by atoms with E-state index in [1.165, 1.54) is 25.3 Å². The molecule has 0 aromatic heterocycles. The van der Waals surface area contributed by atoms with Crippen molar-refractivity contribution in [3.8, 4) is 0 Å². The third-order valence-corrected chi connectivity index (χ3v) is 3.18. The second-order valence-electron chi connectivity index (χ2n) is 4.44. The van der Waals surface area contributed by atoms with Crippen molar-refractivity contribution in [1.82, 2.24) is 4.90 Å². The molecule has 2 aliphatic rings. The summed E-state index contributed by atoms with van der Waals surface area (Å²) in [6.45, 7) is 6.72. The highest BCUT2D eigenvalue weighted by atomic mass is 16.2. The fraction of sp³-hybridized carbons (Fsp3) is 0.727. The zero-order chi connectivity index (χ0) is 9.42. The minimum Gasteiger partial charge on any atom is -0.336 e. The van der Waals surface area contributed by atoms with Crippen LogP contribution in [0.4, 0.5) is 0 Å². The first kappa shape index (κ1) is 8.79. The molecule has 1 saturated carbocycles. The molecule has 72 valence electrons. The van der Waals surface area contributed by atoms with Crippen LogP contribution in [0.25, 0.3) is 0 Å². The van der Waals surface area contributed by atoms with Crippen molar-refractivity contribution in [3.63, 3.8) is 0 Å². The Bertz CT molecular complexity index is 232. The highest BCUT2D eigenvalue weighted by Gasteiger charge is 2.41. The summed E-state index contributed by atoms with van der Waals surface area (Å²) in [4.78, 5) is 13.5. The van der Waals surface area contributed by atoms with Gasteiger partial charge in [-0.25, -0.2) is 0 Å². The van der Waals surface area contributed by atoms with E-state index in [2.05, 4.69) is 13.5 Å². The van der Waals surface area contributed by atoms with Crippen LogP contribution in [0.5, 0.6) is 0 Å². The van der Waals surface area contributed by atoms with Gasteiger partial charge in [-0.1, -0.05) is 13.5 Å². The van der Waals surface area contributed by atoms with Crippen LogP contribution in [0.15, 0.2) is 12.7 Å². The quantitative estimate of drug-likeness (QED) is 0.592. The molecule has 0 radical (unpaired) electrons. The van der Waals surface area contributed by atoms with E-state index in [1.807, 2.05) is 4.90 Å². The van der Waals surface area contributed by atoms with Crippen LogP contribution in [0.2, 0.25) is 0 Å². The number of rotatable bonds is 2. The average Bonchev–Trinajstić information content (AvgIpc) is 2.89. The van der Waals surface area contributed by atoms with Gasteiger partial charge in [-0.05, 0) is 37.2 Å². The lowest BCUT2D eigenvalue weighted by Gasteiger charge is -2.22. The molecular weight excluding hydrogens is 162 g/mol. The summed E-state index contributed by atoms with van der Waals surface area (Å²) in [5.74, 6) is 1.60. The molecule has 1 aliphatic heterocycles. The van der Waals surface area contributed by atoms with Crippen molar-refractivity contribution in [2.75, 3.05) is 6.54 Å². The maximum absolute atomic E-state index is 11.5. The second-order valence-corrected chi connectivity index (χ2v) is 4.44. The van der Waals surface area contributed by atoms with Crippen molar-refractivity contribution >= 4 is 5.91 Å². The number of hydrogen-bond donors (Lipinski definition) is 0. The van der Waals surface area contributed by atoms with Gasteiger partial charge in [-0.2, -0.15) is 0 Å². The number of hydrogen-bond acceptors (Lipinski definition) is 1. The highest BCUT2D eigenvalue weighted by Crippen LogP contribution is 2.41. The van der Waals surface area contributed by atoms with E-state index < -0.39 is 0 Å². The Labute approximate surface area is 79.6 Å². The number of amides is 1. The number of carbonyl (C=O) groups excluding carboxylic acids is 1. The number of carbonyl (C=O) groups is 1. The summed E-state index contributed by atoms with van der Waals surface area (Å²) >= 11 is 0. The van der Waals surface area contributed by atoms with Crippen LogP contribution in [-0.4, -0.2) is 23.4 Å². The predicted molar refractivity (Wildman–Crippen MR) is 52.2 cm³/mol. The minimum atomic E-state index is 0.126. The topological polar surface area (TPSA) is 20.3 Å². The Hall–Kier alpha value is -0.790. The molecule has 0 aromatic rings. The first-order chi connectivity index (χ1) is 6.22. The van der Waals surface area contributed by atoms with E-state index in [0.717, 1.165) is 12.5 Å². The van der Waals surface area contributed by atoms with Crippen LogP contribution < -0.4 is 0 Å². The van der Waals surface area contributed by atoms with Crippen LogP contribution in [0.3, 0.4) is 0 Å². The smallest absolute Gasteiger partial charge is 0.246 e. The Balaban J connectivity index is 2.06. The molecule has 2 heteroatoms. The van der Waals surface area contributed by atoms with Gasteiger partial charge in [-0.15, -0.1) is 0 Å². The van der Waals surface area contributed by atoms with Gasteiger partial charge in [0, 0.05) is 12.6 Å². The molecule has 2 rings (SSSR count). The molecule has 2 nitrogen and oxygen atoms in total. The van der Waals surface area contributed by atoms with Gasteiger partial charge in [0.25, 0.3) is 0 Å². The lowest BCUT2D eigenvalue weighted by Crippen LogP contribution is -2.35. The molecule has 0 unspecified atom stereocenters. The monoisotopic (exact) mass is 179 g/mol. The minimum absolute atomic E-state index is 0.126. The van der Waals surface area contributed by atoms with Gasteiger partial charge >= 0.3 is 0 Å². The van der Waals surface area contributed by atoms with Crippen molar-refractivity contribution in [1.29, 1.82) is 0 Å². The molecule has 1 amide bonds. The summed E-state index contributed by atoms with van der Waals surface area (Å²) in [5, 5.41) is 0. The van der Waals surface area contributed by atoms with Crippen LogP contribution >= 0.6 is 0 Å². The average molecular weight is 179 g/mol. The molecule has 2 atom stereocenters. The van der Waals surface area contributed by atoms with Crippen molar-refractivity contribution in [2.24, 2.45) is 11.8 Å². The fourth-order valence-corrected chi connectivity index (χ4v) is 2.38. The Kier molecular flexibility index (Phi) is 2.14. The van der Waals surface area contributed by atoms with Crippen molar-refractivity contribution in [3.05, 3.63) is 12.7 Å². The highest BCUT2D eigenvalue weighted by molar-refractivity contribution is 5.87. The fourth-order valence-electron chi connectivity index (χ4n) is 2.38. The zero-order valence-electron chi connectivity index (χ0n) is 8.20. The van der Waals surface area contributed by atoms with E-state index >= 15 is 0 Å². The summed E-state index contributed by atoms with van der Waals surface area (Å²) in [7, 11) is 0. The van der Waals surface area contributed by atoms with Gasteiger partial charge in [0.05, 0.1) is 0 Å². The summed E-state index contributed by atoms with van der Waals surface area (Å²) in [5.41, 5.74) is 0. The summed E-state index contributed by atoms with van der Waals surface area (Å²) in [6.07, 6.45) is 5.29. The molecule has 1 heterocycles. The van der Waals surface area contributed by atoms with Gasteiger partial charge in [0.1, 0.15) is 0 Å². The number of nitrogens with zero attached hydrogens (tertiary/aromatic N) is 1. The first-order valence-electron chi connectivity index (χ1n) is 5.15. The van der Waals surface area contributed by atoms with Crippen molar-refractivity contribution in [2.45, 2.75) is 32.2 Å². The number of likely N-dealkylation sites (tertiary alicyclic amines) is 1. The molecule has 0 bridgehead atoms. The maximum atomic E-state index is 11.5. The molecule has 2 fully saturated rings. The van der Waals surface area contributed by atoms with Crippen LogP contribution in [0.1, 0.15) is 26.2 Å². The predicted octanol–water partition coefficient (Wildman–Crippen LogP) is 1.82. The maximum Gasteiger partial charge on any atom is 0.246 e. The summed E-state index contributed by atoms with van der Waals surface area (Å²) in [6, 6.07) is 0.528.